The van der Waals surface area contributed by atoms with E-state index in [1.165, 1.54) is 0 Å². The van der Waals surface area contributed by atoms with Crippen molar-refractivity contribution < 1.29 is 23.8 Å². The van der Waals surface area contributed by atoms with E-state index < -0.39 is 17.3 Å². The van der Waals surface area contributed by atoms with Crippen molar-refractivity contribution in [3.8, 4) is 5.88 Å². The molecule has 3 heterocycles. The van der Waals surface area contributed by atoms with Gasteiger partial charge in [0, 0.05) is 19.3 Å². The Morgan fingerprint density at radius 1 is 1.05 bits per heavy atom. The van der Waals surface area contributed by atoms with Crippen molar-refractivity contribution in [3.05, 3.63) is 12.3 Å². The van der Waals surface area contributed by atoms with Crippen LogP contribution in [-0.4, -0.2) is 62.7 Å². The molecule has 0 saturated carbocycles. The number of unbranched alkanes of at least 4 members (excludes halogenated alkanes) is 1. The second-order valence-electron chi connectivity index (χ2n) is 11.6. The van der Waals surface area contributed by atoms with Gasteiger partial charge in [-0.2, -0.15) is 5.10 Å². The average molecular weight is 518 g/mol. The van der Waals surface area contributed by atoms with Gasteiger partial charge in [0.25, 0.3) is 0 Å². The van der Waals surface area contributed by atoms with Gasteiger partial charge >= 0.3 is 12.2 Å². The summed E-state index contributed by atoms with van der Waals surface area (Å²) in [5.41, 5.74) is -0.731. The van der Waals surface area contributed by atoms with Crippen LogP contribution in [-0.2, 0) is 15.0 Å². The van der Waals surface area contributed by atoms with Gasteiger partial charge in [0.1, 0.15) is 16.6 Å². The molecule has 2 aromatic rings. The quantitative estimate of drug-likeness (QED) is 0.443. The maximum Gasteiger partial charge on any atom is 0.413 e. The number of aromatic nitrogens is 3. The van der Waals surface area contributed by atoms with Crippen LogP contribution in [0.5, 0.6) is 5.88 Å². The van der Waals surface area contributed by atoms with E-state index in [4.69, 9.17) is 19.3 Å². The lowest BCUT2D eigenvalue weighted by atomic mass is 9.85. The predicted molar refractivity (Wildman–Crippen MR) is 143 cm³/mol. The van der Waals surface area contributed by atoms with E-state index in [-0.39, 0.29) is 11.6 Å². The third-order valence-corrected chi connectivity index (χ3v) is 6.37. The number of piperidine rings is 1. The highest BCUT2D eigenvalue weighted by Crippen LogP contribution is 2.40. The van der Waals surface area contributed by atoms with Gasteiger partial charge in [-0.3, -0.25) is 10.00 Å². The predicted octanol–water partition coefficient (Wildman–Crippen LogP) is 6.09. The topological polar surface area (TPSA) is 108 Å². The SMILES string of the molecule is CCCCOc1nccc2c1c(NC(=O)OC(C)(C)C)nn2C1(CC)CCN(C(=O)OC(C)(C)C)CC1. The molecule has 10 heteroatoms. The summed E-state index contributed by atoms with van der Waals surface area (Å²) in [7, 11) is 0. The van der Waals surface area contributed by atoms with Gasteiger partial charge in [-0.15, -0.1) is 0 Å². The van der Waals surface area contributed by atoms with Crippen molar-refractivity contribution in [2.75, 3.05) is 25.0 Å². The van der Waals surface area contributed by atoms with E-state index in [2.05, 4.69) is 24.1 Å². The molecule has 37 heavy (non-hydrogen) atoms. The molecular weight excluding hydrogens is 474 g/mol. The maximum atomic E-state index is 12.7. The monoisotopic (exact) mass is 517 g/mol. The fraction of sp³-hybridized carbons (Fsp3) is 0.704. The summed E-state index contributed by atoms with van der Waals surface area (Å²) in [6.07, 6.45) is 4.88. The van der Waals surface area contributed by atoms with Gasteiger partial charge in [-0.05, 0) is 73.3 Å². The van der Waals surface area contributed by atoms with E-state index in [1.54, 1.807) is 11.1 Å². The molecule has 0 bridgehead atoms. The van der Waals surface area contributed by atoms with Crippen LogP contribution < -0.4 is 10.1 Å². The Morgan fingerprint density at radius 3 is 2.27 bits per heavy atom. The molecule has 0 radical (unpaired) electrons. The first-order valence-corrected chi connectivity index (χ1v) is 13.3. The van der Waals surface area contributed by atoms with E-state index in [0.717, 1.165) is 24.8 Å². The maximum absolute atomic E-state index is 12.7. The highest BCUT2D eigenvalue weighted by atomic mass is 16.6. The first-order valence-electron chi connectivity index (χ1n) is 13.3. The fourth-order valence-electron chi connectivity index (χ4n) is 4.46. The molecule has 1 fully saturated rings. The van der Waals surface area contributed by atoms with Gasteiger partial charge in [0.2, 0.25) is 5.88 Å². The number of fused-ring (bicyclic) bond motifs is 1. The number of likely N-dealkylation sites (tertiary alicyclic amines) is 1. The first-order chi connectivity index (χ1) is 17.3. The molecule has 0 unspecified atom stereocenters. The Labute approximate surface area is 220 Å². The molecule has 1 aliphatic rings. The summed E-state index contributed by atoms with van der Waals surface area (Å²) >= 11 is 0. The van der Waals surface area contributed by atoms with Crippen LogP contribution in [0.15, 0.2) is 12.3 Å². The van der Waals surface area contributed by atoms with Crippen LogP contribution in [0.1, 0.15) is 87.5 Å². The van der Waals surface area contributed by atoms with Gasteiger partial charge in [0.15, 0.2) is 5.82 Å². The Hall–Kier alpha value is -3.04. The van der Waals surface area contributed by atoms with Crippen molar-refractivity contribution in [3.63, 3.8) is 0 Å². The largest absolute Gasteiger partial charge is 0.477 e. The van der Waals surface area contributed by atoms with Crippen molar-refractivity contribution in [2.24, 2.45) is 0 Å². The first kappa shape index (κ1) is 28.5. The summed E-state index contributed by atoms with van der Waals surface area (Å²) in [5.74, 6) is 0.784. The molecule has 206 valence electrons. The van der Waals surface area contributed by atoms with Crippen LogP contribution in [0.3, 0.4) is 0 Å². The molecule has 3 rings (SSSR count). The molecule has 2 aromatic heterocycles. The Morgan fingerprint density at radius 2 is 1.70 bits per heavy atom. The van der Waals surface area contributed by atoms with Crippen LogP contribution in [0.2, 0.25) is 0 Å². The summed E-state index contributed by atoms with van der Waals surface area (Å²) < 4.78 is 19.1. The third kappa shape index (κ3) is 7.05. The smallest absolute Gasteiger partial charge is 0.413 e. The number of hydrogen-bond donors (Lipinski definition) is 1. The number of anilines is 1. The van der Waals surface area contributed by atoms with Crippen LogP contribution in [0.4, 0.5) is 15.4 Å². The number of ether oxygens (including phenoxy) is 3. The molecule has 10 nitrogen and oxygen atoms in total. The zero-order valence-electron chi connectivity index (χ0n) is 23.6. The molecule has 1 N–H and O–H groups in total. The fourth-order valence-corrected chi connectivity index (χ4v) is 4.46. The number of hydrogen-bond acceptors (Lipinski definition) is 7. The van der Waals surface area contributed by atoms with E-state index in [9.17, 15) is 9.59 Å². The molecule has 0 aromatic carbocycles. The Kier molecular flexibility index (Phi) is 8.59. The lowest BCUT2D eigenvalue weighted by Crippen LogP contribution is -2.49. The minimum atomic E-state index is -0.652. The van der Waals surface area contributed by atoms with Gasteiger partial charge in [0.05, 0.1) is 17.7 Å². The van der Waals surface area contributed by atoms with Crippen LogP contribution >= 0.6 is 0 Å². The lowest BCUT2D eigenvalue weighted by molar-refractivity contribution is 0.0100. The number of rotatable bonds is 7. The number of nitrogens with zero attached hydrogens (tertiary/aromatic N) is 4. The minimum absolute atomic E-state index is 0.300. The second kappa shape index (κ2) is 11.1. The lowest BCUT2D eigenvalue weighted by Gasteiger charge is -2.42. The van der Waals surface area contributed by atoms with Crippen molar-refractivity contribution in [2.45, 2.75) is 104 Å². The highest BCUT2D eigenvalue weighted by Gasteiger charge is 2.40. The highest BCUT2D eigenvalue weighted by molar-refractivity contribution is 6.00. The second-order valence-corrected chi connectivity index (χ2v) is 11.6. The van der Waals surface area contributed by atoms with E-state index >= 15 is 0 Å². The normalized spacial score (nSPS) is 15.9. The van der Waals surface area contributed by atoms with Crippen LogP contribution in [0.25, 0.3) is 10.9 Å². The number of nitrogens with one attached hydrogen (secondary N) is 1. The Bertz CT molecular complexity index is 1090. The average Bonchev–Trinajstić information content (AvgIpc) is 3.16. The number of pyridine rings is 1. The third-order valence-electron chi connectivity index (χ3n) is 6.37. The summed E-state index contributed by atoms with van der Waals surface area (Å²) in [5, 5.41) is 8.37. The van der Waals surface area contributed by atoms with Crippen LogP contribution in [0, 0.1) is 0 Å². The molecule has 0 spiro atoms. The van der Waals surface area contributed by atoms with Gasteiger partial charge in [-0.25, -0.2) is 14.6 Å². The molecule has 0 atom stereocenters. The number of amides is 2. The summed E-state index contributed by atoms with van der Waals surface area (Å²) in [6.45, 7) is 16.9. The van der Waals surface area contributed by atoms with E-state index in [1.807, 2.05) is 52.3 Å². The summed E-state index contributed by atoms with van der Waals surface area (Å²) in [6, 6.07) is 1.90. The molecule has 1 saturated heterocycles. The summed E-state index contributed by atoms with van der Waals surface area (Å²) in [4.78, 5) is 31.6. The molecule has 2 amide bonds. The van der Waals surface area contributed by atoms with E-state index in [0.29, 0.717) is 49.6 Å². The molecular formula is C27H43N5O5. The van der Waals surface area contributed by atoms with Crippen molar-refractivity contribution >= 4 is 28.9 Å². The van der Waals surface area contributed by atoms with Gasteiger partial charge in [-0.1, -0.05) is 20.3 Å². The molecule has 1 aliphatic heterocycles. The number of carbonyl (C=O) groups excluding carboxylic acids is 2. The van der Waals surface area contributed by atoms with Crippen molar-refractivity contribution in [1.82, 2.24) is 19.7 Å². The zero-order chi connectivity index (χ0) is 27.4. The number of carbonyl (C=O) groups is 2. The van der Waals surface area contributed by atoms with Crippen molar-refractivity contribution in [1.29, 1.82) is 0 Å². The zero-order valence-corrected chi connectivity index (χ0v) is 23.6. The molecule has 0 aliphatic carbocycles. The standard InChI is InChI=1S/C27H43N5O5/c1-9-11-18-35-22-20-19(12-15-28-22)32(30-21(20)29-23(33)36-25(3,4)5)27(10-2)13-16-31(17-14-27)24(34)37-26(6,7)8/h12,15H,9-11,13-14,16-18H2,1-8H3,(H,29,30,33). The minimum Gasteiger partial charge on any atom is -0.477 e. The van der Waals surface area contributed by atoms with Gasteiger partial charge < -0.3 is 19.1 Å². The Balaban J connectivity index is 1.98.